The zero-order chi connectivity index (χ0) is 16.0. The second kappa shape index (κ2) is 5.01. The number of pyridine rings is 1. The number of benzene rings is 1. The third kappa shape index (κ3) is 2.19. The number of hydrogen-bond donors (Lipinski definition) is 2. The number of fused-ring (bicyclic) bond motifs is 2. The van der Waals surface area contributed by atoms with E-state index in [1.54, 1.807) is 23.2 Å². The SMILES string of the molecule is Cn1c(=O)n(C)c2cc(CNc3ccc4cc[nH]c4n3)ccc21. The van der Waals surface area contributed by atoms with Crippen LogP contribution in [0.3, 0.4) is 0 Å². The number of aromatic amines is 1. The molecule has 0 bridgehead atoms. The number of rotatable bonds is 3. The molecule has 23 heavy (non-hydrogen) atoms. The molecule has 0 radical (unpaired) electrons. The molecule has 2 N–H and O–H groups in total. The molecular formula is C17H17N5O. The van der Waals surface area contributed by atoms with Crippen LogP contribution in [0.1, 0.15) is 5.56 Å². The highest BCUT2D eigenvalue weighted by Crippen LogP contribution is 2.17. The Morgan fingerprint density at radius 1 is 1.09 bits per heavy atom. The smallest absolute Gasteiger partial charge is 0.328 e. The third-order valence-corrected chi connectivity index (χ3v) is 4.22. The molecule has 0 aliphatic rings. The molecule has 1 aromatic carbocycles. The van der Waals surface area contributed by atoms with E-state index in [4.69, 9.17) is 0 Å². The zero-order valence-corrected chi connectivity index (χ0v) is 13.0. The molecule has 0 aliphatic carbocycles. The van der Waals surface area contributed by atoms with E-state index in [1.165, 1.54) is 0 Å². The number of anilines is 1. The molecule has 0 saturated carbocycles. The molecule has 0 atom stereocenters. The highest BCUT2D eigenvalue weighted by atomic mass is 16.1. The van der Waals surface area contributed by atoms with Gasteiger partial charge < -0.3 is 10.3 Å². The van der Waals surface area contributed by atoms with E-state index in [1.807, 2.05) is 42.6 Å². The molecule has 0 aliphatic heterocycles. The Kier molecular flexibility index (Phi) is 2.97. The second-order valence-electron chi connectivity index (χ2n) is 5.69. The lowest BCUT2D eigenvalue weighted by atomic mass is 10.2. The van der Waals surface area contributed by atoms with Crippen LogP contribution in [0.4, 0.5) is 5.82 Å². The van der Waals surface area contributed by atoms with Gasteiger partial charge in [-0.2, -0.15) is 0 Å². The number of hydrogen-bond acceptors (Lipinski definition) is 3. The summed E-state index contributed by atoms with van der Waals surface area (Å²) in [5, 5.41) is 4.42. The molecule has 3 heterocycles. The van der Waals surface area contributed by atoms with Crippen LogP contribution >= 0.6 is 0 Å². The van der Waals surface area contributed by atoms with Gasteiger partial charge in [-0.05, 0) is 35.9 Å². The average Bonchev–Trinajstić information content (AvgIpc) is 3.12. The number of aryl methyl sites for hydroxylation is 2. The van der Waals surface area contributed by atoms with Gasteiger partial charge in [-0.1, -0.05) is 6.07 Å². The maximum atomic E-state index is 12.0. The highest BCUT2D eigenvalue weighted by molar-refractivity contribution is 5.78. The molecule has 0 unspecified atom stereocenters. The van der Waals surface area contributed by atoms with Crippen molar-refractivity contribution in [2.24, 2.45) is 14.1 Å². The van der Waals surface area contributed by atoms with Gasteiger partial charge in [0.15, 0.2) is 0 Å². The normalized spacial score (nSPS) is 11.4. The Hall–Kier alpha value is -3.02. The van der Waals surface area contributed by atoms with Crippen LogP contribution in [0.2, 0.25) is 0 Å². The van der Waals surface area contributed by atoms with Crippen molar-refractivity contribution in [3.8, 4) is 0 Å². The summed E-state index contributed by atoms with van der Waals surface area (Å²) in [7, 11) is 3.58. The number of aromatic nitrogens is 4. The first-order valence-electron chi connectivity index (χ1n) is 7.46. The van der Waals surface area contributed by atoms with Crippen molar-refractivity contribution in [1.82, 2.24) is 19.1 Å². The van der Waals surface area contributed by atoms with E-state index in [0.717, 1.165) is 33.4 Å². The molecule has 6 nitrogen and oxygen atoms in total. The number of nitrogens with one attached hydrogen (secondary N) is 2. The molecule has 4 aromatic rings. The van der Waals surface area contributed by atoms with Gasteiger partial charge >= 0.3 is 5.69 Å². The van der Waals surface area contributed by atoms with Crippen molar-refractivity contribution in [1.29, 1.82) is 0 Å². The maximum absolute atomic E-state index is 12.0. The van der Waals surface area contributed by atoms with E-state index in [9.17, 15) is 4.79 Å². The van der Waals surface area contributed by atoms with Gasteiger partial charge in [0, 0.05) is 32.2 Å². The molecule has 0 amide bonds. The summed E-state index contributed by atoms with van der Waals surface area (Å²) in [6.07, 6.45) is 1.88. The fraction of sp³-hybridized carbons (Fsp3) is 0.176. The lowest BCUT2D eigenvalue weighted by Crippen LogP contribution is -2.19. The minimum absolute atomic E-state index is 0.0102. The molecule has 0 fully saturated rings. The number of imidazole rings is 1. The minimum Gasteiger partial charge on any atom is -0.366 e. The number of nitrogens with zero attached hydrogens (tertiary/aromatic N) is 3. The van der Waals surface area contributed by atoms with Gasteiger partial charge in [0.25, 0.3) is 0 Å². The van der Waals surface area contributed by atoms with Crippen LogP contribution in [-0.4, -0.2) is 19.1 Å². The molecule has 116 valence electrons. The van der Waals surface area contributed by atoms with E-state index in [-0.39, 0.29) is 5.69 Å². The van der Waals surface area contributed by atoms with Gasteiger partial charge in [-0.25, -0.2) is 9.78 Å². The summed E-state index contributed by atoms with van der Waals surface area (Å²) in [6.45, 7) is 0.651. The van der Waals surface area contributed by atoms with Crippen LogP contribution < -0.4 is 11.0 Å². The lowest BCUT2D eigenvalue weighted by Gasteiger charge is -2.06. The molecule has 4 rings (SSSR count). The molecule has 3 aromatic heterocycles. The van der Waals surface area contributed by atoms with E-state index < -0.39 is 0 Å². The Bertz CT molecular complexity index is 1070. The van der Waals surface area contributed by atoms with Crippen molar-refractivity contribution in [3.63, 3.8) is 0 Å². The standard InChI is InChI=1S/C17H17N5O/c1-21-13-5-3-11(9-14(13)22(2)17(21)23)10-19-15-6-4-12-7-8-18-16(12)20-15/h3-9H,10H2,1-2H3,(H2,18,19,20). The summed E-state index contributed by atoms with van der Waals surface area (Å²) in [4.78, 5) is 19.6. The predicted molar refractivity (Wildman–Crippen MR) is 91.6 cm³/mol. The fourth-order valence-electron chi connectivity index (χ4n) is 2.88. The van der Waals surface area contributed by atoms with Crippen molar-refractivity contribution in [2.45, 2.75) is 6.54 Å². The Balaban J connectivity index is 1.62. The van der Waals surface area contributed by atoms with Crippen LogP contribution in [0.15, 0.2) is 47.4 Å². The van der Waals surface area contributed by atoms with Crippen LogP contribution in [0.25, 0.3) is 22.1 Å². The van der Waals surface area contributed by atoms with Crippen LogP contribution in [0.5, 0.6) is 0 Å². The average molecular weight is 307 g/mol. The minimum atomic E-state index is -0.0102. The van der Waals surface area contributed by atoms with Crippen LogP contribution in [0, 0.1) is 0 Å². The Morgan fingerprint density at radius 2 is 1.91 bits per heavy atom. The summed E-state index contributed by atoms with van der Waals surface area (Å²) < 4.78 is 3.33. The summed E-state index contributed by atoms with van der Waals surface area (Å²) in [5.41, 5.74) is 3.84. The van der Waals surface area contributed by atoms with Gasteiger partial charge in [0.2, 0.25) is 0 Å². The van der Waals surface area contributed by atoms with Gasteiger partial charge in [-0.15, -0.1) is 0 Å². The first kappa shape index (κ1) is 13.6. The summed E-state index contributed by atoms with van der Waals surface area (Å²) in [6, 6.07) is 12.0. The molecular weight excluding hydrogens is 290 g/mol. The predicted octanol–water partition coefficient (Wildman–Crippen LogP) is 2.37. The van der Waals surface area contributed by atoms with E-state index in [0.29, 0.717) is 6.54 Å². The monoisotopic (exact) mass is 307 g/mol. The van der Waals surface area contributed by atoms with Gasteiger partial charge in [-0.3, -0.25) is 9.13 Å². The van der Waals surface area contributed by atoms with Crippen molar-refractivity contribution < 1.29 is 0 Å². The van der Waals surface area contributed by atoms with Gasteiger partial charge in [0.05, 0.1) is 11.0 Å². The van der Waals surface area contributed by atoms with E-state index in [2.05, 4.69) is 15.3 Å². The van der Waals surface area contributed by atoms with Crippen LogP contribution in [-0.2, 0) is 20.6 Å². The fourth-order valence-corrected chi connectivity index (χ4v) is 2.88. The summed E-state index contributed by atoms with van der Waals surface area (Å²) in [5.74, 6) is 0.821. The second-order valence-corrected chi connectivity index (χ2v) is 5.69. The molecule has 0 saturated heterocycles. The molecule has 0 spiro atoms. The Labute approximate surface area is 132 Å². The highest BCUT2D eigenvalue weighted by Gasteiger charge is 2.08. The first-order valence-corrected chi connectivity index (χ1v) is 7.46. The van der Waals surface area contributed by atoms with E-state index >= 15 is 0 Å². The largest absolute Gasteiger partial charge is 0.366 e. The van der Waals surface area contributed by atoms with Crippen molar-refractivity contribution in [2.75, 3.05) is 5.32 Å². The third-order valence-electron chi connectivity index (χ3n) is 4.22. The molecule has 6 heteroatoms. The number of H-pyrrole nitrogens is 1. The van der Waals surface area contributed by atoms with Gasteiger partial charge in [0.1, 0.15) is 11.5 Å². The Morgan fingerprint density at radius 3 is 2.78 bits per heavy atom. The van der Waals surface area contributed by atoms with Crippen molar-refractivity contribution >= 4 is 27.9 Å². The topological polar surface area (TPSA) is 67.6 Å². The summed E-state index contributed by atoms with van der Waals surface area (Å²) >= 11 is 0. The van der Waals surface area contributed by atoms with Crippen molar-refractivity contribution in [3.05, 3.63) is 58.6 Å². The lowest BCUT2D eigenvalue weighted by molar-refractivity contribution is 0.795. The first-order chi connectivity index (χ1) is 11.1. The zero-order valence-electron chi connectivity index (χ0n) is 13.0. The maximum Gasteiger partial charge on any atom is 0.328 e. The quantitative estimate of drug-likeness (QED) is 0.610.